The normalized spacial score (nSPS) is 16.5. The maximum Gasteiger partial charge on any atom is 0.262 e. The number of carbonyl (C=O) groups excluding carboxylic acids is 1. The largest absolute Gasteiger partial charge is 0.342 e. The fourth-order valence-corrected chi connectivity index (χ4v) is 3.90. The van der Waals surface area contributed by atoms with Crippen LogP contribution < -0.4 is 5.32 Å². The van der Waals surface area contributed by atoms with Crippen molar-refractivity contribution in [3.05, 3.63) is 56.2 Å². The molecule has 1 aromatic carbocycles. The quantitative estimate of drug-likeness (QED) is 0.859. The van der Waals surface area contributed by atoms with Gasteiger partial charge >= 0.3 is 0 Å². The van der Waals surface area contributed by atoms with Crippen LogP contribution in [0.2, 0.25) is 0 Å². The molecule has 20 heavy (non-hydrogen) atoms. The maximum absolute atomic E-state index is 12.5. The van der Waals surface area contributed by atoms with Gasteiger partial charge in [-0.2, -0.15) is 0 Å². The van der Waals surface area contributed by atoms with E-state index in [1.165, 1.54) is 16.9 Å². The first kappa shape index (κ1) is 13.8. The predicted octanol–water partition coefficient (Wildman–Crippen LogP) is 4.63. The maximum atomic E-state index is 12.5. The zero-order valence-corrected chi connectivity index (χ0v) is 13.7. The molecule has 0 bridgehead atoms. The van der Waals surface area contributed by atoms with Crippen LogP contribution in [0.3, 0.4) is 0 Å². The van der Waals surface area contributed by atoms with Gasteiger partial charge in [-0.3, -0.25) is 4.79 Å². The van der Waals surface area contributed by atoms with Crippen molar-refractivity contribution in [1.82, 2.24) is 5.32 Å². The van der Waals surface area contributed by atoms with Gasteiger partial charge in [-0.05, 0) is 60.9 Å². The summed E-state index contributed by atoms with van der Waals surface area (Å²) in [4.78, 5) is 13.3. The number of rotatable bonds is 3. The number of carbonyl (C=O) groups is 1. The minimum atomic E-state index is -0.183. The Morgan fingerprint density at radius 1 is 1.35 bits per heavy atom. The second-order valence-electron chi connectivity index (χ2n) is 5.33. The molecule has 1 aromatic heterocycles. The predicted molar refractivity (Wildman–Crippen MR) is 86.2 cm³/mol. The van der Waals surface area contributed by atoms with E-state index in [0.29, 0.717) is 0 Å². The lowest BCUT2D eigenvalue weighted by Crippen LogP contribution is -2.50. The Kier molecular flexibility index (Phi) is 3.69. The number of thiophene rings is 1. The van der Waals surface area contributed by atoms with Crippen molar-refractivity contribution in [2.75, 3.05) is 0 Å². The monoisotopic (exact) mass is 349 g/mol. The second kappa shape index (κ2) is 5.34. The van der Waals surface area contributed by atoms with Crippen LogP contribution in [-0.4, -0.2) is 5.91 Å². The van der Waals surface area contributed by atoms with E-state index in [0.717, 1.165) is 34.2 Å². The van der Waals surface area contributed by atoms with Crippen molar-refractivity contribution in [2.45, 2.75) is 31.7 Å². The Balaban J connectivity index is 1.87. The van der Waals surface area contributed by atoms with E-state index < -0.39 is 0 Å². The number of aryl methyl sites for hydroxylation is 1. The molecule has 1 N–H and O–H groups in total. The van der Waals surface area contributed by atoms with E-state index in [4.69, 9.17) is 0 Å². The average Bonchev–Trinajstić information content (AvgIpc) is 2.80. The zero-order chi connectivity index (χ0) is 14.2. The van der Waals surface area contributed by atoms with E-state index in [2.05, 4.69) is 33.4 Å². The molecule has 2 aromatic rings. The van der Waals surface area contributed by atoms with Crippen molar-refractivity contribution < 1.29 is 4.79 Å². The minimum Gasteiger partial charge on any atom is -0.342 e. The van der Waals surface area contributed by atoms with Crippen molar-refractivity contribution in [3.63, 3.8) is 0 Å². The number of benzene rings is 1. The molecular weight excluding hydrogens is 334 g/mol. The summed E-state index contributed by atoms with van der Waals surface area (Å²) in [5, 5.41) is 5.24. The number of halogens is 1. The molecule has 1 aliphatic carbocycles. The van der Waals surface area contributed by atoms with E-state index >= 15 is 0 Å². The number of nitrogens with one attached hydrogen (secondary N) is 1. The standard InChI is InChI=1S/C16H16BrNOS/c1-11-6-9-20-14(11)15(19)18-16(7-3-8-16)12-4-2-5-13(17)10-12/h2,4-6,9-10H,3,7-8H2,1H3,(H,18,19). The Bertz CT molecular complexity index is 645. The van der Waals surface area contributed by atoms with Gasteiger partial charge < -0.3 is 5.32 Å². The Labute approximate surface area is 131 Å². The van der Waals surface area contributed by atoms with Gasteiger partial charge in [0.25, 0.3) is 5.91 Å². The van der Waals surface area contributed by atoms with Gasteiger partial charge in [-0.15, -0.1) is 11.3 Å². The lowest BCUT2D eigenvalue weighted by molar-refractivity contribution is 0.0827. The Morgan fingerprint density at radius 3 is 2.70 bits per heavy atom. The van der Waals surface area contributed by atoms with Crippen LogP contribution in [-0.2, 0) is 5.54 Å². The SMILES string of the molecule is Cc1ccsc1C(=O)NC1(c2cccc(Br)c2)CCC1. The molecular formula is C16H16BrNOS. The molecule has 2 nitrogen and oxygen atoms in total. The molecule has 1 fully saturated rings. The fourth-order valence-electron chi connectivity index (χ4n) is 2.68. The van der Waals surface area contributed by atoms with Crippen LogP contribution in [0.15, 0.2) is 40.2 Å². The first-order chi connectivity index (χ1) is 9.61. The van der Waals surface area contributed by atoms with Gasteiger partial charge in [0.05, 0.1) is 10.4 Å². The van der Waals surface area contributed by atoms with Gasteiger partial charge in [0.2, 0.25) is 0 Å². The van der Waals surface area contributed by atoms with E-state index in [1.54, 1.807) is 0 Å². The molecule has 0 saturated heterocycles. The van der Waals surface area contributed by atoms with Crippen molar-refractivity contribution in [2.24, 2.45) is 0 Å². The second-order valence-corrected chi connectivity index (χ2v) is 7.16. The van der Waals surface area contributed by atoms with E-state index in [-0.39, 0.29) is 11.4 Å². The van der Waals surface area contributed by atoms with Crippen LogP contribution in [0.5, 0.6) is 0 Å². The van der Waals surface area contributed by atoms with Crippen LogP contribution in [0.4, 0.5) is 0 Å². The number of hydrogen-bond acceptors (Lipinski definition) is 2. The molecule has 3 rings (SSSR count). The summed E-state index contributed by atoms with van der Waals surface area (Å²) in [7, 11) is 0. The third-order valence-electron chi connectivity index (χ3n) is 4.01. The molecule has 0 aliphatic heterocycles. The van der Waals surface area contributed by atoms with Crippen LogP contribution >= 0.6 is 27.3 Å². The molecule has 0 unspecified atom stereocenters. The first-order valence-corrected chi connectivity index (χ1v) is 8.41. The fraction of sp³-hybridized carbons (Fsp3) is 0.312. The summed E-state index contributed by atoms with van der Waals surface area (Å²) in [6, 6.07) is 10.3. The molecule has 1 amide bonds. The Hall–Kier alpha value is -1.13. The molecule has 4 heteroatoms. The van der Waals surface area contributed by atoms with Crippen molar-refractivity contribution in [3.8, 4) is 0 Å². The lowest BCUT2D eigenvalue weighted by atomic mass is 9.71. The highest BCUT2D eigenvalue weighted by molar-refractivity contribution is 9.10. The highest BCUT2D eigenvalue weighted by atomic mass is 79.9. The third kappa shape index (κ3) is 2.42. The molecule has 1 saturated carbocycles. The zero-order valence-electron chi connectivity index (χ0n) is 11.3. The smallest absolute Gasteiger partial charge is 0.262 e. The average molecular weight is 350 g/mol. The van der Waals surface area contributed by atoms with Gasteiger partial charge in [-0.1, -0.05) is 28.1 Å². The van der Waals surface area contributed by atoms with E-state index in [9.17, 15) is 4.79 Å². The highest BCUT2D eigenvalue weighted by Gasteiger charge is 2.40. The number of hydrogen-bond donors (Lipinski definition) is 1. The molecule has 0 radical (unpaired) electrons. The van der Waals surface area contributed by atoms with Crippen LogP contribution in [0, 0.1) is 6.92 Å². The van der Waals surface area contributed by atoms with Crippen LogP contribution in [0.1, 0.15) is 40.1 Å². The third-order valence-corrected chi connectivity index (χ3v) is 5.51. The molecule has 1 aliphatic rings. The van der Waals surface area contributed by atoms with Crippen molar-refractivity contribution in [1.29, 1.82) is 0 Å². The molecule has 0 spiro atoms. The highest BCUT2D eigenvalue weighted by Crippen LogP contribution is 2.42. The van der Waals surface area contributed by atoms with Gasteiger partial charge in [0, 0.05) is 4.47 Å². The van der Waals surface area contributed by atoms with Crippen molar-refractivity contribution >= 4 is 33.2 Å². The minimum absolute atomic E-state index is 0.0529. The number of amides is 1. The summed E-state index contributed by atoms with van der Waals surface area (Å²) in [5.74, 6) is 0.0529. The summed E-state index contributed by atoms with van der Waals surface area (Å²) in [6.07, 6.45) is 3.19. The Morgan fingerprint density at radius 2 is 2.15 bits per heavy atom. The summed E-state index contributed by atoms with van der Waals surface area (Å²) in [6.45, 7) is 1.98. The summed E-state index contributed by atoms with van der Waals surface area (Å²) < 4.78 is 1.06. The first-order valence-electron chi connectivity index (χ1n) is 6.73. The van der Waals surface area contributed by atoms with Gasteiger partial charge in [0.15, 0.2) is 0 Å². The summed E-state index contributed by atoms with van der Waals surface area (Å²) in [5.41, 5.74) is 2.06. The molecule has 0 atom stereocenters. The van der Waals surface area contributed by atoms with Gasteiger partial charge in [-0.25, -0.2) is 0 Å². The van der Waals surface area contributed by atoms with Gasteiger partial charge in [0.1, 0.15) is 0 Å². The van der Waals surface area contributed by atoms with E-state index in [1.807, 2.05) is 30.5 Å². The molecule has 104 valence electrons. The topological polar surface area (TPSA) is 29.1 Å². The lowest BCUT2D eigenvalue weighted by Gasteiger charge is -2.43. The summed E-state index contributed by atoms with van der Waals surface area (Å²) >= 11 is 5.02. The van der Waals surface area contributed by atoms with Crippen LogP contribution in [0.25, 0.3) is 0 Å². The molecule has 1 heterocycles.